The van der Waals surface area contributed by atoms with E-state index in [1.54, 1.807) is 22.4 Å². The van der Waals surface area contributed by atoms with Gasteiger partial charge in [-0.05, 0) is 0 Å². The molecule has 20 heavy (non-hydrogen) atoms. The van der Waals surface area contributed by atoms with Gasteiger partial charge in [-0.15, -0.1) is 11.3 Å². The summed E-state index contributed by atoms with van der Waals surface area (Å²) in [5, 5.41) is 2.96. The summed E-state index contributed by atoms with van der Waals surface area (Å²) in [4.78, 5) is 28.4. The van der Waals surface area contributed by atoms with Crippen LogP contribution in [-0.4, -0.2) is 51.9 Å². The normalized spacial score (nSPS) is 15.4. The van der Waals surface area contributed by atoms with E-state index in [2.05, 4.69) is 19.9 Å². The Morgan fingerprint density at radius 2 is 1.95 bits per heavy atom. The lowest BCUT2D eigenvalue weighted by Crippen LogP contribution is -2.49. The lowest BCUT2D eigenvalue weighted by molar-refractivity contribution is 0.0740. The maximum Gasteiger partial charge on any atom is 0.274 e. The Balaban J connectivity index is 1.63. The van der Waals surface area contributed by atoms with E-state index in [1.807, 2.05) is 5.38 Å². The average Bonchev–Trinajstić information content (AvgIpc) is 3.02. The number of rotatable bonds is 2. The number of amides is 1. The fraction of sp³-hybridized carbons (Fsp3) is 0.333. The van der Waals surface area contributed by atoms with Gasteiger partial charge in [-0.2, -0.15) is 0 Å². The Labute approximate surface area is 120 Å². The van der Waals surface area contributed by atoms with Crippen LogP contribution in [0.25, 0.3) is 0 Å². The van der Waals surface area contributed by atoms with Crippen LogP contribution in [0.5, 0.6) is 0 Å². The summed E-state index contributed by atoms with van der Waals surface area (Å²) < 4.78 is 0. The largest absolute Gasteiger partial charge is 0.382 e. The number of hydrogen-bond acceptors (Lipinski definition) is 7. The third-order valence-electron chi connectivity index (χ3n) is 3.15. The molecule has 0 spiro atoms. The number of piperazine rings is 1. The van der Waals surface area contributed by atoms with Gasteiger partial charge in [0.15, 0.2) is 5.13 Å². The van der Waals surface area contributed by atoms with Crippen LogP contribution in [-0.2, 0) is 0 Å². The van der Waals surface area contributed by atoms with Gasteiger partial charge < -0.3 is 15.5 Å². The van der Waals surface area contributed by atoms with Crippen LogP contribution in [0.1, 0.15) is 10.5 Å². The topological polar surface area (TPSA) is 88.2 Å². The molecule has 2 aromatic rings. The van der Waals surface area contributed by atoms with Gasteiger partial charge in [-0.1, -0.05) is 0 Å². The second kappa shape index (κ2) is 5.41. The van der Waals surface area contributed by atoms with Gasteiger partial charge in [0.2, 0.25) is 0 Å². The van der Waals surface area contributed by atoms with Crippen molar-refractivity contribution in [3.05, 3.63) is 29.7 Å². The van der Waals surface area contributed by atoms with Crippen LogP contribution in [0.4, 0.5) is 10.9 Å². The number of thiazole rings is 1. The highest BCUT2D eigenvalue weighted by atomic mass is 32.1. The third-order valence-corrected chi connectivity index (χ3v) is 3.98. The van der Waals surface area contributed by atoms with Crippen molar-refractivity contribution in [3.63, 3.8) is 0 Å². The Hall–Kier alpha value is -2.22. The van der Waals surface area contributed by atoms with Crippen molar-refractivity contribution >= 4 is 28.2 Å². The number of anilines is 2. The van der Waals surface area contributed by atoms with Crippen LogP contribution in [0, 0.1) is 0 Å². The molecule has 0 unspecified atom stereocenters. The number of nitrogens with two attached hydrogens (primary N) is 1. The van der Waals surface area contributed by atoms with E-state index in [9.17, 15) is 4.79 Å². The second-order valence-corrected chi connectivity index (χ2v) is 5.29. The van der Waals surface area contributed by atoms with Crippen LogP contribution in [0.15, 0.2) is 24.0 Å². The van der Waals surface area contributed by atoms with E-state index in [-0.39, 0.29) is 5.91 Å². The molecule has 104 valence electrons. The SMILES string of the molecule is Nc1cnc(C(=O)N2CCN(c3nccs3)CC2)cn1. The van der Waals surface area contributed by atoms with E-state index in [0.717, 1.165) is 18.2 Å². The number of carbonyl (C=O) groups excluding carboxylic acids is 1. The van der Waals surface area contributed by atoms with Gasteiger partial charge in [0.1, 0.15) is 11.5 Å². The first-order valence-corrected chi connectivity index (χ1v) is 7.13. The molecule has 2 aromatic heterocycles. The minimum absolute atomic E-state index is 0.101. The van der Waals surface area contributed by atoms with Crippen molar-refractivity contribution in [2.24, 2.45) is 0 Å². The molecule has 0 saturated carbocycles. The number of nitrogens with zero attached hydrogens (tertiary/aromatic N) is 5. The van der Waals surface area contributed by atoms with Crippen molar-refractivity contribution in [2.75, 3.05) is 36.8 Å². The summed E-state index contributed by atoms with van der Waals surface area (Å²) in [6.45, 7) is 2.87. The zero-order valence-corrected chi connectivity index (χ0v) is 11.6. The number of nitrogen functional groups attached to an aromatic ring is 1. The lowest BCUT2D eigenvalue weighted by atomic mass is 10.3. The molecule has 0 bridgehead atoms. The summed E-state index contributed by atoms with van der Waals surface area (Å²) in [6.07, 6.45) is 4.62. The smallest absolute Gasteiger partial charge is 0.274 e. The van der Waals surface area contributed by atoms with E-state index in [4.69, 9.17) is 5.73 Å². The summed E-state index contributed by atoms with van der Waals surface area (Å²) in [6, 6.07) is 0. The first kappa shape index (κ1) is 12.8. The highest BCUT2D eigenvalue weighted by Crippen LogP contribution is 2.19. The molecule has 1 aliphatic rings. The van der Waals surface area contributed by atoms with Crippen molar-refractivity contribution in [1.29, 1.82) is 0 Å². The van der Waals surface area contributed by atoms with E-state index in [1.165, 1.54) is 12.4 Å². The molecule has 0 aliphatic carbocycles. The molecule has 3 heterocycles. The van der Waals surface area contributed by atoms with Gasteiger partial charge in [0.05, 0.1) is 12.4 Å². The van der Waals surface area contributed by atoms with Gasteiger partial charge in [-0.25, -0.2) is 15.0 Å². The molecule has 3 rings (SSSR count). The minimum Gasteiger partial charge on any atom is -0.382 e. The summed E-state index contributed by atoms with van der Waals surface area (Å²) in [5.74, 6) is 0.214. The maximum absolute atomic E-state index is 12.3. The van der Waals surface area contributed by atoms with Crippen LogP contribution >= 0.6 is 11.3 Å². The van der Waals surface area contributed by atoms with E-state index < -0.39 is 0 Å². The zero-order chi connectivity index (χ0) is 13.9. The van der Waals surface area contributed by atoms with E-state index in [0.29, 0.717) is 24.6 Å². The molecule has 8 heteroatoms. The van der Waals surface area contributed by atoms with Crippen molar-refractivity contribution in [3.8, 4) is 0 Å². The third kappa shape index (κ3) is 2.55. The average molecular weight is 290 g/mol. The van der Waals surface area contributed by atoms with Crippen LogP contribution in [0.2, 0.25) is 0 Å². The Morgan fingerprint density at radius 3 is 2.55 bits per heavy atom. The number of hydrogen-bond donors (Lipinski definition) is 1. The Kier molecular flexibility index (Phi) is 3.46. The fourth-order valence-electron chi connectivity index (χ4n) is 2.08. The summed E-state index contributed by atoms with van der Waals surface area (Å²) >= 11 is 1.61. The van der Waals surface area contributed by atoms with Crippen molar-refractivity contribution in [1.82, 2.24) is 19.9 Å². The Morgan fingerprint density at radius 1 is 1.15 bits per heavy atom. The van der Waals surface area contributed by atoms with Crippen molar-refractivity contribution < 1.29 is 4.79 Å². The molecule has 7 nitrogen and oxygen atoms in total. The molecule has 1 aliphatic heterocycles. The number of aromatic nitrogens is 3. The minimum atomic E-state index is -0.101. The molecule has 0 atom stereocenters. The Bertz CT molecular complexity index is 577. The first-order chi connectivity index (χ1) is 9.74. The molecule has 1 fully saturated rings. The van der Waals surface area contributed by atoms with Gasteiger partial charge >= 0.3 is 0 Å². The predicted octanol–water partition coefficient (Wildman–Crippen LogP) is 0.478. The maximum atomic E-state index is 12.3. The van der Waals surface area contributed by atoms with E-state index >= 15 is 0 Å². The molecule has 2 N–H and O–H groups in total. The zero-order valence-electron chi connectivity index (χ0n) is 10.8. The molecule has 0 aromatic carbocycles. The molecule has 1 amide bonds. The molecular weight excluding hydrogens is 276 g/mol. The predicted molar refractivity (Wildman–Crippen MR) is 76.7 cm³/mol. The highest BCUT2D eigenvalue weighted by molar-refractivity contribution is 7.13. The fourth-order valence-corrected chi connectivity index (χ4v) is 2.78. The van der Waals surface area contributed by atoms with Crippen LogP contribution < -0.4 is 10.6 Å². The van der Waals surface area contributed by atoms with Crippen LogP contribution in [0.3, 0.4) is 0 Å². The highest BCUT2D eigenvalue weighted by Gasteiger charge is 2.24. The summed E-state index contributed by atoms with van der Waals surface area (Å²) in [5.41, 5.74) is 5.80. The standard InChI is InChI=1S/C12H14N6OS/c13-10-8-15-9(7-16-10)11(19)17-2-4-18(5-3-17)12-14-1-6-20-12/h1,6-8H,2-5H2,(H2,13,16). The van der Waals surface area contributed by atoms with Gasteiger partial charge in [0.25, 0.3) is 5.91 Å². The summed E-state index contributed by atoms with van der Waals surface area (Å²) in [7, 11) is 0. The number of carbonyl (C=O) groups is 1. The quantitative estimate of drug-likeness (QED) is 0.865. The van der Waals surface area contributed by atoms with Gasteiger partial charge in [-0.3, -0.25) is 4.79 Å². The molecule has 1 saturated heterocycles. The second-order valence-electron chi connectivity index (χ2n) is 4.42. The lowest BCUT2D eigenvalue weighted by Gasteiger charge is -2.34. The van der Waals surface area contributed by atoms with Gasteiger partial charge in [0, 0.05) is 37.8 Å². The first-order valence-electron chi connectivity index (χ1n) is 6.25. The monoisotopic (exact) mass is 290 g/mol. The molecular formula is C12H14N6OS. The van der Waals surface area contributed by atoms with Crippen molar-refractivity contribution in [2.45, 2.75) is 0 Å². The molecule has 0 radical (unpaired) electrons.